The van der Waals surface area contributed by atoms with Crippen molar-refractivity contribution >= 4 is 35.8 Å². The van der Waals surface area contributed by atoms with Gasteiger partial charge in [-0.05, 0) is 62.1 Å². The van der Waals surface area contributed by atoms with Gasteiger partial charge in [0.15, 0.2) is 12.6 Å². The number of nitrogens with zero attached hydrogens (tertiary/aromatic N) is 1. The number of alkyl halides is 3. The summed E-state index contributed by atoms with van der Waals surface area (Å²) in [5.41, 5.74) is 0.562. The molecule has 0 radical (unpaired) electrons. The summed E-state index contributed by atoms with van der Waals surface area (Å²) in [5.74, 6) is -5.06. The molecule has 3 aliphatic heterocycles. The minimum Gasteiger partial charge on any atom is -0.460 e. The van der Waals surface area contributed by atoms with Gasteiger partial charge in [0.05, 0.1) is 19.2 Å². The van der Waals surface area contributed by atoms with Crippen LogP contribution in [0.2, 0.25) is 0 Å². The molecule has 0 unspecified atom stereocenters. The van der Waals surface area contributed by atoms with Crippen LogP contribution in [0.15, 0.2) is 115 Å². The number of carbonyl (C=O) groups is 5. The van der Waals surface area contributed by atoms with Crippen LogP contribution >= 0.6 is 0 Å². The van der Waals surface area contributed by atoms with Crippen LogP contribution in [-0.4, -0.2) is 101 Å². The van der Waals surface area contributed by atoms with Gasteiger partial charge in [-0.1, -0.05) is 97.1 Å². The predicted octanol–water partition coefficient (Wildman–Crippen LogP) is 5.82. The minimum absolute atomic E-state index is 0.0270. The third-order valence-corrected chi connectivity index (χ3v) is 12.4. The number of hydrogen-bond donors (Lipinski definition) is 3. The largest absolute Gasteiger partial charge is 0.460 e. The summed E-state index contributed by atoms with van der Waals surface area (Å²) in [5, 5.41) is 17.1. The van der Waals surface area contributed by atoms with Crippen molar-refractivity contribution in [3.05, 3.63) is 149 Å². The van der Waals surface area contributed by atoms with Crippen molar-refractivity contribution in [3.63, 3.8) is 0 Å². The van der Waals surface area contributed by atoms with E-state index in [2.05, 4.69) is 15.4 Å². The zero-order valence-corrected chi connectivity index (χ0v) is 38.0. The van der Waals surface area contributed by atoms with Crippen LogP contribution in [0.1, 0.15) is 78.2 Å². The standard InChI is InChI=1S/C51H52F3N3O12/c1-48(2,3)66-40(60)24-22-37(29-58)56-45(61)33-16-12-13-31(25-33)27-55-47(63)49-26-38-41-42(68-51(67-41,35-17-6-4-7-18-35)36-19-8-5-9-20-36)44(49)69-57(43(49)46(62)65-38)28-34-15-11-10-14-32(34)21-23-39(59)64-30-50(52,53)54/h4-21,23,25,37-38,41-44,58H,22,24,26-30H2,1-3H3,(H,55,63)(H,56,61)/t37-,38+,41-,42-,43-,44+,49-/m0/s1. The molecule has 4 aliphatic rings. The number of rotatable bonds is 16. The monoisotopic (exact) mass is 955 g/mol. The Kier molecular flexibility index (Phi) is 14.1. The number of ether oxygens (including phenoxy) is 5. The number of carbonyl (C=O) groups excluding carboxylic acids is 5. The minimum atomic E-state index is -4.71. The molecule has 4 fully saturated rings. The predicted molar refractivity (Wildman–Crippen MR) is 239 cm³/mol. The van der Waals surface area contributed by atoms with E-state index < -0.39 is 102 Å². The van der Waals surface area contributed by atoms with E-state index in [0.717, 1.165) is 6.08 Å². The first kappa shape index (κ1) is 49.0. The SMILES string of the molecule is CC(C)(C)OC(=O)CC[C@@H](CO)NC(=O)c1cccc(CNC(=O)[C@@]23C[C@H]4OC(=O)[C@@H]2N(Cc2ccccc2C=CC(=O)OCC(F)(F)F)O[C@@H]3[C@H]2OC(c3ccccc3)(c3ccccc3)O[C@H]24)c1. The third kappa shape index (κ3) is 10.6. The normalized spacial score (nSPS) is 24.2. The zero-order chi connectivity index (χ0) is 49.1. The summed E-state index contributed by atoms with van der Waals surface area (Å²) >= 11 is 0. The van der Waals surface area contributed by atoms with Crippen molar-refractivity contribution in [1.82, 2.24) is 15.7 Å². The molecule has 7 atom stereocenters. The van der Waals surface area contributed by atoms with Gasteiger partial charge < -0.3 is 39.4 Å². The van der Waals surface area contributed by atoms with Gasteiger partial charge in [0.25, 0.3) is 5.91 Å². The van der Waals surface area contributed by atoms with Gasteiger partial charge in [-0.3, -0.25) is 24.0 Å². The second-order valence-electron chi connectivity index (χ2n) is 18.4. The molecule has 1 aliphatic carbocycles. The molecule has 8 rings (SSSR count). The van der Waals surface area contributed by atoms with E-state index in [4.69, 9.17) is 23.8 Å². The van der Waals surface area contributed by atoms with Crippen molar-refractivity contribution in [2.24, 2.45) is 5.41 Å². The number of aliphatic hydroxyl groups excluding tert-OH is 1. The molecule has 364 valence electrons. The van der Waals surface area contributed by atoms with Crippen molar-refractivity contribution < 1.29 is 70.8 Å². The summed E-state index contributed by atoms with van der Waals surface area (Å²) in [7, 11) is 0. The molecule has 4 aromatic rings. The Bertz CT molecular complexity index is 2530. The van der Waals surface area contributed by atoms with E-state index in [1.807, 2.05) is 60.7 Å². The lowest BCUT2D eigenvalue weighted by molar-refractivity contribution is -0.213. The van der Waals surface area contributed by atoms with Gasteiger partial charge in [-0.2, -0.15) is 18.2 Å². The molecular weight excluding hydrogens is 904 g/mol. The smallest absolute Gasteiger partial charge is 0.422 e. The van der Waals surface area contributed by atoms with Gasteiger partial charge in [-0.25, -0.2) is 4.79 Å². The Morgan fingerprint density at radius 1 is 0.899 bits per heavy atom. The molecule has 18 heteroatoms. The summed E-state index contributed by atoms with van der Waals surface area (Å²) in [4.78, 5) is 74.4. The number of halogens is 3. The van der Waals surface area contributed by atoms with Gasteiger partial charge in [-0.15, -0.1) is 0 Å². The highest BCUT2D eigenvalue weighted by Gasteiger charge is 2.76. The fourth-order valence-electron chi connectivity index (χ4n) is 9.39. The lowest BCUT2D eigenvalue weighted by Gasteiger charge is -2.48. The van der Waals surface area contributed by atoms with Crippen molar-refractivity contribution in [1.29, 1.82) is 0 Å². The molecule has 0 aromatic heterocycles. The number of benzene rings is 4. The Morgan fingerprint density at radius 2 is 1.57 bits per heavy atom. The van der Waals surface area contributed by atoms with Crippen LogP contribution in [0, 0.1) is 5.41 Å². The highest BCUT2D eigenvalue weighted by Crippen LogP contribution is 2.59. The number of nitrogens with one attached hydrogen (secondary N) is 2. The van der Waals surface area contributed by atoms with Crippen LogP contribution in [0.3, 0.4) is 0 Å². The molecule has 1 saturated carbocycles. The molecule has 2 amide bonds. The second-order valence-corrected chi connectivity index (χ2v) is 18.4. The molecular formula is C51H52F3N3O12. The molecule has 4 aromatic carbocycles. The van der Waals surface area contributed by atoms with E-state index in [1.165, 1.54) is 11.1 Å². The Morgan fingerprint density at radius 3 is 2.23 bits per heavy atom. The summed E-state index contributed by atoms with van der Waals surface area (Å²) in [6.45, 7) is 2.80. The number of amides is 2. The highest BCUT2D eigenvalue weighted by molar-refractivity contribution is 5.95. The van der Waals surface area contributed by atoms with Crippen LogP contribution in [0.25, 0.3) is 6.08 Å². The fourth-order valence-corrected chi connectivity index (χ4v) is 9.39. The van der Waals surface area contributed by atoms with Crippen LogP contribution in [0.5, 0.6) is 0 Å². The van der Waals surface area contributed by atoms with Crippen molar-refractivity contribution in [3.8, 4) is 0 Å². The highest BCUT2D eigenvalue weighted by atomic mass is 19.4. The first-order chi connectivity index (χ1) is 32.9. The number of aliphatic hydroxyl groups is 1. The first-order valence-electron chi connectivity index (χ1n) is 22.5. The van der Waals surface area contributed by atoms with E-state index in [9.17, 15) is 37.5 Å². The topological polar surface area (TPSA) is 188 Å². The maximum atomic E-state index is 15.2. The molecule has 3 heterocycles. The number of fused-ring (bicyclic) bond motifs is 4. The Hall–Kier alpha value is -6.44. The number of esters is 3. The lowest BCUT2D eigenvalue weighted by Crippen LogP contribution is -2.69. The fraction of sp³-hybridized carbons (Fsp3) is 0.392. The molecule has 3 saturated heterocycles. The molecule has 69 heavy (non-hydrogen) atoms. The molecule has 0 spiro atoms. The van der Waals surface area contributed by atoms with E-state index >= 15 is 4.79 Å². The second kappa shape index (κ2) is 19.9. The van der Waals surface area contributed by atoms with Crippen molar-refractivity contribution in [2.45, 2.75) is 107 Å². The lowest BCUT2D eigenvalue weighted by atomic mass is 9.62. The van der Waals surface area contributed by atoms with Crippen LogP contribution < -0.4 is 10.6 Å². The average molecular weight is 956 g/mol. The number of hydroxylamine groups is 2. The van der Waals surface area contributed by atoms with Gasteiger partial charge >= 0.3 is 24.1 Å². The maximum Gasteiger partial charge on any atom is 0.422 e. The van der Waals surface area contributed by atoms with Gasteiger partial charge in [0.1, 0.15) is 35.4 Å². The third-order valence-electron chi connectivity index (χ3n) is 12.4. The Labute approximate surface area is 395 Å². The first-order valence-corrected chi connectivity index (χ1v) is 22.5. The van der Waals surface area contributed by atoms with Crippen molar-refractivity contribution in [2.75, 3.05) is 13.2 Å². The van der Waals surface area contributed by atoms with Gasteiger partial charge in [0.2, 0.25) is 11.7 Å². The molecule has 2 bridgehead atoms. The Balaban J connectivity index is 1.08. The average Bonchev–Trinajstić information content (AvgIpc) is 3.91. The molecule has 3 N–H and O–H groups in total. The summed E-state index contributed by atoms with van der Waals surface area (Å²) in [6, 6.07) is 29.5. The van der Waals surface area contributed by atoms with Crippen LogP contribution in [-0.2, 0) is 66.6 Å². The van der Waals surface area contributed by atoms with Crippen LogP contribution in [0.4, 0.5) is 13.2 Å². The summed E-state index contributed by atoms with van der Waals surface area (Å²) in [6.07, 6.45) is -6.54. The van der Waals surface area contributed by atoms with E-state index in [1.54, 1.807) is 69.3 Å². The van der Waals surface area contributed by atoms with E-state index in [0.29, 0.717) is 27.8 Å². The quantitative estimate of drug-likeness (QED) is 0.0694. The number of hydrogen-bond acceptors (Lipinski definition) is 13. The maximum absolute atomic E-state index is 15.2. The van der Waals surface area contributed by atoms with E-state index in [-0.39, 0.29) is 37.9 Å². The zero-order valence-electron chi connectivity index (χ0n) is 38.0. The molecule has 15 nitrogen and oxygen atoms in total. The van der Waals surface area contributed by atoms with Gasteiger partial charge in [0, 0.05) is 42.2 Å². The summed E-state index contributed by atoms with van der Waals surface area (Å²) < 4.78 is 68.1.